The van der Waals surface area contributed by atoms with E-state index >= 15 is 0 Å². The van der Waals surface area contributed by atoms with Crippen molar-refractivity contribution in [3.63, 3.8) is 0 Å². The Morgan fingerprint density at radius 1 is 0.885 bits per heavy atom. The van der Waals surface area contributed by atoms with E-state index in [4.69, 9.17) is 4.74 Å². The van der Waals surface area contributed by atoms with Crippen LogP contribution < -0.4 is 10.1 Å². The Kier molecular flexibility index (Phi) is 4.92. The SMILES string of the molecule is OC(c1cccs1)c1nnc(Nc2ccc(Oc3ccccc3)cc2)s1. The lowest BCUT2D eigenvalue weighted by Crippen LogP contribution is -1.95. The van der Waals surface area contributed by atoms with Crippen LogP contribution in [-0.2, 0) is 0 Å². The highest BCUT2D eigenvalue weighted by Gasteiger charge is 2.17. The fraction of sp³-hybridized carbons (Fsp3) is 0.0526. The van der Waals surface area contributed by atoms with Crippen LogP contribution in [0, 0.1) is 0 Å². The molecule has 4 aromatic rings. The van der Waals surface area contributed by atoms with Gasteiger partial charge in [0.2, 0.25) is 5.13 Å². The van der Waals surface area contributed by atoms with Crippen molar-refractivity contribution in [3.8, 4) is 11.5 Å². The van der Waals surface area contributed by atoms with Gasteiger partial charge in [0, 0.05) is 10.6 Å². The molecule has 0 aliphatic carbocycles. The molecular weight excluding hydrogens is 366 g/mol. The minimum atomic E-state index is -0.732. The van der Waals surface area contributed by atoms with Crippen molar-refractivity contribution in [2.45, 2.75) is 6.10 Å². The number of nitrogens with zero attached hydrogens (tertiary/aromatic N) is 2. The van der Waals surface area contributed by atoms with Crippen molar-refractivity contribution in [2.24, 2.45) is 0 Å². The number of rotatable bonds is 6. The predicted molar refractivity (Wildman–Crippen MR) is 105 cm³/mol. The Morgan fingerprint density at radius 3 is 2.38 bits per heavy atom. The third-order valence-corrected chi connectivity index (χ3v) is 5.39. The second kappa shape index (κ2) is 7.65. The normalized spacial score (nSPS) is 11.9. The van der Waals surface area contributed by atoms with E-state index in [1.165, 1.54) is 22.7 Å². The highest BCUT2D eigenvalue weighted by molar-refractivity contribution is 7.15. The van der Waals surface area contributed by atoms with Crippen LogP contribution >= 0.6 is 22.7 Å². The molecule has 2 aromatic carbocycles. The molecule has 0 radical (unpaired) electrons. The van der Waals surface area contributed by atoms with Gasteiger partial charge in [0.25, 0.3) is 0 Å². The zero-order chi connectivity index (χ0) is 17.8. The molecule has 5 nitrogen and oxygen atoms in total. The monoisotopic (exact) mass is 381 g/mol. The number of hydrogen-bond donors (Lipinski definition) is 2. The molecule has 1 atom stereocenters. The summed E-state index contributed by atoms with van der Waals surface area (Å²) >= 11 is 2.83. The Balaban J connectivity index is 1.41. The number of benzene rings is 2. The molecule has 0 amide bonds. The van der Waals surface area contributed by atoms with Gasteiger partial charge in [-0.3, -0.25) is 0 Å². The van der Waals surface area contributed by atoms with Gasteiger partial charge < -0.3 is 15.2 Å². The number of anilines is 2. The van der Waals surface area contributed by atoms with Crippen LogP contribution in [-0.4, -0.2) is 15.3 Å². The standard InChI is InChI=1S/C19H15N3O2S2/c23-17(16-7-4-12-25-16)18-21-22-19(26-18)20-13-8-10-15(11-9-13)24-14-5-2-1-3-6-14/h1-12,17,23H,(H,20,22). The number of aliphatic hydroxyl groups is 1. The van der Waals surface area contributed by atoms with Crippen molar-refractivity contribution in [3.05, 3.63) is 82.0 Å². The molecule has 0 fully saturated rings. The van der Waals surface area contributed by atoms with E-state index < -0.39 is 6.10 Å². The van der Waals surface area contributed by atoms with Gasteiger partial charge in [-0.15, -0.1) is 21.5 Å². The fourth-order valence-corrected chi connectivity index (χ4v) is 3.87. The molecular formula is C19H15N3O2S2. The maximum atomic E-state index is 10.3. The van der Waals surface area contributed by atoms with Gasteiger partial charge >= 0.3 is 0 Å². The van der Waals surface area contributed by atoms with Crippen molar-refractivity contribution < 1.29 is 9.84 Å². The predicted octanol–water partition coefficient (Wildman–Crippen LogP) is 5.22. The third kappa shape index (κ3) is 3.91. The Hall–Kier alpha value is -2.74. The van der Waals surface area contributed by atoms with Crippen LogP contribution in [0.2, 0.25) is 0 Å². The summed E-state index contributed by atoms with van der Waals surface area (Å²) in [6.07, 6.45) is -0.732. The molecule has 0 saturated carbocycles. The van der Waals surface area contributed by atoms with Gasteiger partial charge in [0.05, 0.1) is 0 Å². The number of para-hydroxylation sites is 1. The van der Waals surface area contributed by atoms with Gasteiger partial charge in [0.15, 0.2) is 5.01 Å². The lowest BCUT2D eigenvalue weighted by atomic mass is 10.3. The summed E-state index contributed by atoms with van der Waals surface area (Å²) in [7, 11) is 0. The first-order chi connectivity index (χ1) is 12.8. The molecule has 2 aromatic heterocycles. The Labute approximate surface area is 158 Å². The molecule has 0 aliphatic heterocycles. The van der Waals surface area contributed by atoms with E-state index in [9.17, 15) is 5.11 Å². The van der Waals surface area contributed by atoms with E-state index in [1.54, 1.807) is 0 Å². The lowest BCUT2D eigenvalue weighted by molar-refractivity contribution is 0.222. The molecule has 0 saturated heterocycles. The van der Waals surface area contributed by atoms with Gasteiger partial charge in [-0.1, -0.05) is 35.6 Å². The quantitative estimate of drug-likeness (QED) is 0.479. The van der Waals surface area contributed by atoms with Crippen LogP contribution in [0.15, 0.2) is 72.1 Å². The molecule has 0 aliphatic rings. The number of nitrogens with one attached hydrogen (secondary N) is 1. The van der Waals surface area contributed by atoms with Crippen molar-refractivity contribution in [1.29, 1.82) is 0 Å². The Morgan fingerprint density at radius 2 is 1.65 bits per heavy atom. The van der Waals surface area contributed by atoms with Crippen LogP contribution in [0.3, 0.4) is 0 Å². The maximum absolute atomic E-state index is 10.3. The molecule has 1 unspecified atom stereocenters. The van der Waals surface area contributed by atoms with Gasteiger partial charge in [-0.2, -0.15) is 0 Å². The minimum absolute atomic E-state index is 0.569. The summed E-state index contributed by atoms with van der Waals surface area (Å²) < 4.78 is 5.78. The van der Waals surface area contributed by atoms with Crippen LogP contribution in [0.1, 0.15) is 16.0 Å². The molecule has 7 heteroatoms. The van der Waals surface area contributed by atoms with Crippen molar-refractivity contribution in [1.82, 2.24) is 10.2 Å². The molecule has 2 heterocycles. The first kappa shape index (κ1) is 16.7. The van der Waals surface area contributed by atoms with Crippen LogP contribution in [0.5, 0.6) is 11.5 Å². The first-order valence-corrected chi connectivity index (χ1v) is 9.62. The van der Waals surface area contributed by atoms with E-state index in [1.807, 2.05) is 72.1 Å². The maximum Gasteiger partial charge on any atom is 0.210 e. The topological polar surface area (TPSA) is 67.3 Å². The first-order valence-electron chi connectivity index (χ1n) is 7.93. The second-order valence-electron chi connectivity index (χ2n) is 5.43. The van der Waals surface area contributed by atoms with Crippen LogP contribution in [0.4, 0.5) is 10.8 Å². The molecule has 0 spiro atoms. The number of aliphatic hydroxyl groups excluding tert-OH is 1. The Bertz CT molecular complexity index is 954. The smallest absolute Gasteiger partial charge is 0.210 e. The van der Waals surface area contributed by atoms with Gasteiger partial charge in [-0.25, -0.2) is 0 Å². The summed E-state index contributed by atoms with van der Waals surface area (Å²) in [5, 5.41) is 24.8. The lowest BCUT2D eigenvalue weighted by Gasteiger charge is -2.07. The molecule has 2 N–H and O–H groups in total. The average Bonchev–Trinajstić information content (AvgIpc) is 3.36. The molecule has 130 valence electrons. The summed E-state index contributed by atoms with van der Waals surface area (Å²) in [4.78, 5) is 0.857. The fourth-order valence-electron chi connectivity index (χ4n) is 2.32. The summed E-state index contributed by atoms with van der Waals surface area (Å²) in [6, 6.07) is 21.0. The average molecular weight is 381 g/mol. The highest BCUT2D eigenvalue weighted by Crippen LogP contribution is 2.31. The summed E-state index contributed by atoms with van der Waals surface area (Å²) in [5.41, 5.74) is 0.874. The largest absolute Gasteiger partial charge is 0.457 e. The zero-order valence-electron chi connectivity index (χ0n) is 13.6. The molecule has 0 bridgehead atoms. The number of ether oxygens (including phenoxy) is 1. The summed E-state index contributed by atoms with van der Waals surface area (Å²) in [6.45, 7) is 0. The number of aromatic nitrogens is 2. The second-order valence-corrected chi connectivity index (χ2v) is 7.42. The number of thiophene rings is 1. The van der Waals surface area contributed by atoms with Gasteiger partial charge in [-0.05, 0) is 47.8 Å². The molecule has 26 heavy (non-hydrogen) atoms. The summed E-state index contributed by atoms with van der Waals surface area (Å²) in [5.74, 6) is 1.55. The zero-order valence-corrected chi connectivity index (χ0v) is 15.2. The van der Waals surface area contributed by atoms with Crippen molar-refractivity contribution in [2.75, 3.05) is 5.32 Å². The highest BCUT2D eigenvalue weighted by atomic mass is 32.1. The minimum Gasteiger partial charge on any atom is -0.457 e. The van der Waals surface area contributed by atoms with Crippen LogP contribution in [0.25, 0.3) is 0 Å². The van der Waals surface area contributed by atoms with E-state index in [0.717, 1.165) is 22.1 Å². The van der Waals surface area contributed by atoms with Crippen molar-refractivity contribution >= 4 is 33.5 Å². The van der Waals surface area contributed by atoms with E-state index in [-0.39, 0.29) is 0 Å². The number of hydrogen-bond acceptors (Lipinski definition) is 7. The van der Waals surface area contributed by atoms with Gasteiger partial charge in [0.1, 0.15) is 17.6 Å². The third-order valence-electron chi connectivity index (χ3n) is 3.57. The molecule has 4 rings (SSSR count). The van der Waals surface area contributed by atoms with E-state index in [0.29, 0.717) is 10.1 Å². The van der Waals surface area contributed by atoms with E-state index in [2.05, 4.69) is 15.5 Å².